The Hall–Kier alpha value is -0.860. The Labute approximate surface area is 117 Å². The maximum absolute atomic E-state index is 9.11. The van der Waals surface area contributed by atoms with E-state index in [0.717, 1.165) is 13.0 Å². The summed E-state index contributed by atoms with van der Waals surface area (Å²) in [4.78, 5) is 0. The fraction of sp³-hybridized carbons (Fsp3) is 0.647. The number of aliphatic hydroxyl groups is 1. The number of benzene rings is 1. The van der Waals surface area contributed by atoms with E-state index in [1.165, 1.54) is 36.8 Å². The average molecular weight is 261 g/mol. The molecule has 0 heterocycles. The van der Waals surface area contributed by atoms with Crippen LogP contribution in [0.1, 0.15) is 56.7 Å². The molecule has 2 rings (SSSR count). The van der Waals surface area contributed by atoms with E-state index in [9.17, 15) is 0 Å². The number of rotatable bonds is 5. The molecule has 2 heteroatoms. The Morgan fingerprint density at radius 1 is 1.26 bits per heavy atom. The first kappa shape index (κ1) is 14.5. The Balaban J connectivity index is 2.04. The molecule has 0 aromatic heterocycles. The minimum absolute atomic E-state index is 0.163. The molecule has 2 nitrogen and oxygen atoms in total. The van der Waals surface area contributed by atoms with Crippen LogP contribution in [0.25, 0.3) is 0 Å². The summed E-state index contributed by atoms with van der Waals surface area (Å²) < 4.78 is 0. The van der Waals surface area contributed by atoms with Crippen LogP contribution in [0.3, 0.4) is 0 Å². The molecule has 1 aromatic rings. The van der Waals surface area contributed by atoms with Crippen molar-refractivity contribution in [1.82, 2.24) is 5.32 Å². The normalized spacial score (nSPS) is 19.8. The molecular weight excluding hydrogens is 234 g/mol. The third-order valence-electron chi connectivity index (χ3n) is 4.24. The zero-order valence-electron chi connectivity index (χ0n) is 12.3. The molecule has 0 radical (unpaired) electrons. The minimum Gasteiger partial charge on any atom is -0.396 e. The van der Waals surface area contributed by atoms with Crippen LogP contribution in [0.2, 0.25) is 0 Å². The molecule has 19 heavy (non-hydrogen) atoms. The van der Waals surface area contributed by atoms with E-state index < -0.39 is 0 Å². The Morgan fingerprint density at radius 2 is 2.05 bits per heavy atom. The standard InChI is InChI=1S/C17H27NO/c1-17(2,11-12-19)13-18-16-10-6-4-8-14-7-3-5-9-15(14)16/h3,5,7,9,16,18-19H,4,6,8,10-13H2,1-2H3. The first-order valence-electron chi connectivity index (χ1n) is 7.54. The molecule has 1 atom stereocenters. The molecule has 0 bridgehead atoms. The smallest absolute Gasteiger partial charge is 0.0436 e. The van der Waals surface area contributed by atoms with Gasteiger partial charge in [0.2, 0.25) is 0 Å². The van der Waals surface area contributed by atoms with Gasteiger partial charge in [-0.05, 0) is 42.2 Å². The minimum atomic E-state index is 0.163. The quantitative estimate of drug-likeness (QED) is 0.796. The third-order valence-corrected chi connectivity index (χ3v) is 4.24. The lowest BCUT2D eigenvalue weighted by Crippen LogP contribution is -2.33. The van der Waals surface area contributed by atoms with Gasteiger partial charge >= 0.3 is 0 Å². The van der Waals surface area contributed by atoms with E-state index in [-0.39, 0.29) is 12.0 Å². The second-order valence-corrected chi connectivity index (χ2v) is 6.52. The van der Waals surface area contributed by atoms with E-state index in [4.69, 9.17) is 5.11 Å². The molecule has 0 aliphatic heterocycles. The zero-order chi connectivity index (χ0) is 13.7. The molecule has 1 unspecified atom stereocenters. The number of aliphatic hydroxyl groups excluding tert-OH is 1. The second-order valence-electron chi connectivity index (χ2n) is 6.52. The summed E-state index contributed by atoms with van der Waals surface area (Å²) in [6.07, 6.45) is 5.90. The van der Waals surface area contributed by atoms with Crippen LogP contribution in [-0.2, 0) is 6.42 Å². The van der Waals surface area contributed by atoms with Crippen LogP contribution in [0.5, 0.6) is 0 Å². The average Bonchev–Trinajstić information content (AvgIpc) is 2.58. The lowest BCUT2D eigenvalue weighted by molar-refractivity contribution is 0.202. The van der Waals surface area contributed by atoms with Crippen molar-refractivity contribution in [3.05, 3.63) is 35.4 Å². The SMILES string of the molecule is CC(C)(CCO)CNC1CCCCc2ccccc21. The van der Waals surface area contributed by atoms with Gasteiger partial charge in [0.1, 0.15) is 0 Å². The molecule has 2 N–H and O–H groups in total. The van der Waals surface area contributed by atoms with Crippen molar-refractivity contribution in [3.63, 3.8) is 0 Å². The fourth-order valence-corrected chi connectivity index (χ4v) is 2.92. The van der Waals surface area contributed by atoms with Gasteiger partial charge in [-0.3, -0.25) is 0 Å². The van der Waals surface area contributed by atoms with E-state index in [2.05, 4.69) is 43.4 Å². The summed E-state index contributed by atoms with van der Waals surface area (Å²) in [6.45, 7) is 5.68. The lowest BCUT2D eigenvalue weighted by atomic mass is 9.88. The third kappa shape index (κ3) is 4.05. The van der Waals surface area contributed by atoms with Gasteiger partial charge < -0.3 is 10.4 Å². The molecular formula is C17H27NO. The van der Waals surface area contributed by atoms with Crippen LogP contribution >= 0.6 is 0 Å². The number of nitrogens with one attached hydrogen (secondary N) is 1. The Kier molecular flexibility index (Phi) is 5.00. The van der Waals surface area contributed by atoms with Crippen molar-refractivity contribution in [2.24, 2.45) is 5.41 Å². The summed E-state index contributed by atoms with van der Waals surface area (Å²) in [5.74, 6) is 0. The highest BCUT2D eigenvalue weighted by Gasteiger charge is 2.22. The summed E-state index contributed by atoms with van der Waals surface area (Å²) in [7, 11) is 0. The van der Waals surface area contributed by atoms with Crippen LogP contribution in [0.15, 0.2) is 24.3 Å². The van der Waals surface area contributed by atoms with Crippen molar-refractivity contribution in [2.45, 2.75) is 52.0 Å². The van der Waals surface area contributed by atoms with Crippen LogP contribution in [0, 0.1) is 5.41 Å². The fourth-order valence-electron chi connectivity index (χ4n) is 2.92. The van der Waals surface area contributed by atoms with Crippen molar-refractivity contribution in [3.8, 4) is 0 Å². The van der Waals surface area contributed by atoms with Crippen molar-refractivity contribution >= 4 is 0 Å². The summed E-state index contributed by atoms with van der Waals surface area (Å²) >= 11 is 0. The van der Waals surface area contributed by atoms with Crippen molar-refractivity contribution in [2.75, 3.05) is 13.2 Å². The van der Waals surface area contributed by atoms with Gasteiger partial charge in [0.15, 0.2) is 0 Å². The van der Waals surface area contributed by atoms with E-state index in [0.29, 0.717) is 6.04 Å². The first-order valence-corrected chi connectivity index (χ1v) is 7.54. The maximum atomic E-state index is 9.11. The number of hydrogen-bond donors (Lipinski definition) is 2. The van der Waals surface area contributed by atoms with Gasteiger partial charge in [-0.25, -0.2) is 0 Å². The molecule has 0 saturated carbocycles. The van der Waals surface area contributed by atoms with Gasteiger partial charge in [-0.1, -0.05) is 44.5 Å². The summed E-state index contributed by atoms with van der Waals surface area (Å²) in [6, 6.07) is 9.33. The van der Waals surface area contributed by atoms with E-state index in [1.807, 2.05) is 0 Å². The van der Waals surface area contributed by atoms with Crippen LogP contribution in [0.4, 0.5) is 0 Å². The number of fused-ring (bicyclic) bond motifs is 1. The zero-order valence-corrected chi connectivity index (χ0v) is 12.3. The highest BCUT2D eigenvalue weighted by atomic mass is 16.3. The molecule has 106 valence electrons. The van der Waals surface area contributed by atoms with Crippen LogP contribution < -0.4 is 5.32 Å². The molecule has 0 saturated heterocycles. The van der Waals surface area contributed by atoms with Crippen LogP contribution in [-0.4, -0.2) is 18.3 Å². The molecule has 0 spiro atoms. The number of aryl methyl sites for hydroxylation is 1. The highest BCUT2D eigenvalue weighted by molar-refractivity contribution is 5.31. The lowest BCUT2D eigenvalue weighted by Gasteiger charge is -2.28. The predicted molar refractivity (Wildman–Crippen MR) is 80.2 cm³/mol. The van der Waals surface area contributed by atoms with E-state index in [1.54, 1.807) is 0 Å². The predicted octanol–water partition coefficient (Wildman–Crippen LogP) is 3.45. The molecule has 1 aliphatic rings. The van der Waals surface area contributed by atoms with E-state index >= 15 is 0 Å². The summed E-state index contributed by atoms with van der Waals surface area (Å²) in [5.41, 5.74) is 3.16. The number of hydrogen-bond acceptors (Lipinski definition) is 2. The largest absolute Gasteiger partial charge is 0.396 e. The van der Waals surface area contributed by atoms with Crippen molar-refractivity contribution < 1.29 is 5.11 Å². The van der Waals surface area contributed by atoms with Crippen molar-refractivity contribution in [1.29, 1.82) is 0 Å². The highest BCUT2D eigenvalue weighted by Crippen LogP contribution is 2.29. The summed E-state index contributed by atoms with van der Waals surface area (Å²) in [5, 5.41) is 12.8. The molecule has 1 aliphatic carbocycles. The molecule has 1 aromatic carbocycles. The van der Waals surface area contributed by atoms with Gasteiger partial charge in [0.25, 0.3) is 0 Å². The van der Waals surface area contributed by atoms with Gasteiger partial charge in [0.05, 0.1) is 0 Å². The molecule has 0 fully saturated rings. The van der Waals surface area contributed by atoms with Gasteiger partial charge in [-0.2, -0.15) is 0 Å². The monoisotopic (exact) mass is 261 g/mol. The Morgan fingerprint density at radius 3 is 2.84 bits per heavy atom. The maximum Gasteiger partial charge on any atom is 0.0436 e. The Bertz CT molecular complexity index is 400. The van der Waals surface area contributed by atoms with Gasteiger partial charge in [-0.15, -0.1) is 0 Å². The topological polar surface area (TPSA) is 32.3 Å². The molecule has 0 amide bonds. The second kappa shape index (κ2) is 6.53. The first-order chi connectivity index (χ1) is 9.12. The van der Waals surface area contributed by atoms with Gasteiger partial charge in [0, 0.05) is 19.2 Å².